The first-order valence-electron chi connectivity index (χ1n) is 5.67. The van der Waals surface area contributed by atoms with Crippen molar-refractivity contribution in [2.24, 2.45) is 11.0 Å². The minimum atomic E-state index is 0.448. The van der Waals surface area contributed by atoms with E-state index in [1.165, 1.54) is 0 Å². The average molecular weight is 220 g/mol. The van der Waals surface area contributed by atoms with Crippen LogP contribution >= 0.6 is 0 Å². The Kier molecular flexibility index (Phi) is 4.40. The summed E-state index contributed by atoms with van der Waals surface area (Å²) in [6, 6.07) is 1.94. The van der Waals surface area contributed by atoms with Crippen LogP contribution < -0.4 is 5.43 Å². The Labute approximate surface area is 97.2 Å². The van der Waals surface area contributed by atoms with E-state index in [1.54, 1.807) is 0 Å². The number of hydrogen-bond donors (Lipinski definition) is 1. The standard InChI is InChI=1S/C12H20N4/c1-6-11(8(2)3)15-16-12-13-9(4)7-10(5)14-12/h7-8H,6H2,1-5H3,(H,13,14,16)/b15-11-. The van der Waals surface area contributed by atoms with Gasteiger partial charge in [0.2, 0.25) is 5.95 Å². The van der Waals surface area contributed by atoms with Gasteiger partial charge in [-0.25, -0.2) is 15.4 Å². The summed E-state index contributed by atoms with van der Waals surface area (Å²) in [5, 5.41) is 4.34. The predicted molar refractivity (Wildman–Crippen MR) is 67.7 cm³/mol. The summed E-state index contributed by atoms with van der Waals surface area (Å²) in [7, 11) is 0. The molecule has 0 aliphatic heterocycles. The predicted octanol–water partition coefficient (Wildman–Crippen LogP) is 2.93. The van der Waals surface area contributed by atoms with Crippen molar-refractivity contribution in [1.29, 1.82) is 0 Å². The molecule has 0 aliphatic rings. The van der Waals surface area contributed by atoms with Crippen molar-refractivity contribution < 1.29 is 0 Å². The lowest BCUT2D eigenvalue weighted by molar-refractivity contribution is 0.850. The second-order valence-corrected chi connectivity index (χ2v) is 4.20. The van der Waals surface area contributed by atoms with Crippen molar-refractivity contribution in [2.45, 2.75) is 41.0 Å². The highest BCUT2D eigenvalue weighted by atomic mass is 15.4. The Morgan fingerprint density at radius 3 is 2.31 bits per heavy atom. The third-order valence-electron chi connectivity index (χ3n) is 2.31. The largest absolute Gasteiger partial charge is 0.245 e. The third kappa shape index (κ3) is 3.61. The Bertz CT molecular complexity index is 362. The van der Waals surface area contributed by atoms with Crippen molar-refractivity contribution in [3.63, 3.8) is 0 Å². The maximum absolute atomic E-state index is 4.34. The van der Waals surface area contributed by atoms with Crippen LogP contribution in [0.3, 0.4) is 0 Å². The van der Waals surface area contributed by atoms with E-state index >= 15 is 0 Å². The van der Waals surface area contributed by atoms with Crippen LogP contribution in [0.1, 0.15) is 38.6 Å². The normalized spacial score (nSPS) is 12.0. The molecule has 1 rings (SSSR count). The zero-order valence-corrected chi connectivity index (χ0v) is 10.7. The molecule has 0 fully saturated rings. The highest BCUT2D eigenvalue weighted by molar-refractivity contribution is 5.86. The molecule has 4 nitrogen and oxygen atoms in total. The molecule has 0 spiro atoms. The van der Waals surface area contributed by atoms with Crippen molar-refractivity contribution in [1.82, 2.24) is 9.97 Å². The van der Waals surface area contributed by atoms with Crippen molar-refractivity contribution in [3.8, 4) is 0 Å². The monoisotopic (exact) mass is 220 g/mol. The molecule has 1 heterocycles. The summed E-state index contributed by atoms with van der Waals surface area (Å²) in [4.78, 5) is 8.54. The Morgan fingerprint density at radius 1 is 1.31 bits per heavy atom. The molecule has 0 aromatic carbocycles. The molecule has 0 atom stereocenters. The molecule has 0 unspecified atom stereocenters. The van der Waals surface area contributed by atoms with E-state index < -0.39 is 0 Å². The minimum Gasteiger partial charge on any atom is -0.245 e. The molecule has 4 heteroatoms. The fourth-order valence-electron chi connectivity index (χ4n) is 1.51. The van der Waals surface area contributed by atoms with E-state index in [1.807, 2.05) is 19.9 Å². The molecule has 1 aromatic rings. The zero-order valence-electron chi connectivity index (χ0n) is 10.7. The second-order valence-electron chi connectivity index (χ2n) is 4.20. The van der Waals surface area contributed by atoms with Gasteiger partial charge in [0.25, 0.3) is 0 Å². The van der Waals surface area contributed by atoms with Gasteiger partial charge in [-0.05, 0) is 32.3 Å². The number of nitrogens with one attached hydrogen (secondary N) is 1. The topological polar surface area (TPSA) is 50.2 Å². The number of anilines is 1. The molecule has 1 aromatic heterocycles. The van der Waals surface area contributed by atoms with E-state index in [0.717, 1.165) is 23.5 Å². The van der Waals surface area contributed by atoms with Crippen LogP contribution in [0.4, 0.5) is 5.95 Å². The van der Waals surface area contributed by atoms with Crippen LogP contribution in [-0.2, 0) is 0 Å². The Balaban J connectivity index is 2.80. The fourth-order valence-corrected chi connectivity index (χ4v) is 1.51. The third-order valence-corrected chi connectivity index (χ3v) is 2.31. The smallest absolute Gasteiger partial charge is 0.243 e. The number of aromatic nitrogens is 2. The summed E-state index contributed by atoms with van der Waals surface area (Å²) in [6.45, 7) is 10.3. The number of aryl methyl sites for hydroxylation is 2. The minimum absolute atomic E-state index is 0.448. The first-order chi connectivity index (χ1) is 7.52. The first-order valence-corrected chi connectivity index (χ1v) is 5.67. The van der Waals surface area contributed by atoms with Crippen LogP contribution in [0.2, 0.25) is 0 Å². The van der Waals surface area contributed by atoms with Crippen LogP contribution in [0.25, 0.3) is 0 Å². The fraction of sp³-hybridized carbons (Fsp3) is 0.583. The van der Waals surface area contributed by atoms with Gasteiger partial charge in [-0.1, -0.05) is 20.8 Å². The molecular formula is C12H20N4. The van der Waals surface area contributed by atoms with Gasteiger partial charge in [-0.3, -0.25) is 0 Å². The quantitative estimate of drug-likeness (QED) is 0.627. The highest BCUT2D eigenvalue weighted by Gasteiger charge is 2.03. The number of hydrogen-bond acceptors (Lipinski definition) is 4. The summed E-state index contributed by atoms with van der Waals surface area (Å²) in [6.07, 6.45) is 0.940. The molecule has 0 saturated heterocycles. The number of nitrogens with zero attached hydrogens (tertiary/aromatic N) is 3. The highest BCUT2D eigenvalue weighted by Crippen LogP contribution is 2.06. The lowest BCUT2D eigenvalue weighted by Crippen LogP contribution is -2.10. The number of rotatable bonds is 4. The van der Waals surface area contributed by atoms with E-state index in [2.05, 4.69) is 41.3 Å². The average Bonchev–Trinajstić information content (AvgIpc) is 2.16. The molecule has 0 bridgehead atoms. The summed E-state index contributed by atoms with van der Waals surface area (Å²) in [5.74, 6) is 1.02. The van der Waals surface area contributed by atoms with E-state index in [0.29, 0.717) is 11.9 Å². The van der Waals surface area contributed by atoms with Gasteiger partial charge < -0.3 is 0 Å². The Hall–Kier alpha value is -1.45. The Morgan fingerprint density at radius 2 is 1.88 bits per heavy atom. The van der Waals surface area contributed by atoms with E-state index in [4.69, 9.17) is 0 Å². The van der Waals surface area contributed by atoms with Gasteiger partial charge in [0, 0.05) is 17.1 Å². The molecule has 0 radical (unpaired) electrons. The summed E-state index contributed by atoms with van der Waals surface area (Å²) >= 11 is 0. The molecule has 0 amide bonds. The van der Waals surface area contributed by atoms with Crippen LogP contribution in [0, 0.1) is 19.8 Å². The van der Waals surface area contributed by atoms with E-state index in [9.17, 15) is 0 Å². The van der Waals surface area contributed by atoms with Gasteiger partial charge in [-0.15, -0.1) is 0 Å². The van der Waals surface area contributed by atoms with Gasteiger partial charge in [-0.2, -0.15) is 5.10 Å². The molecule has 0 saturated carbocycles. The van der Waals surface area contributed by atoms with Gasteiger partial charge in [0.1, 0.15) is 0 Å². The van der Waals surface area contributed by atoms with Gasteiger partial charge >= 0.3 is 0 Å². The second kappa shape index (κ2) is 5.58. The lowest BCUT2D eigenvalue weighted by Gasteiger charge is -2.08. The van der Waals surface area contributed by atoms with Crippen LogP contribution in [0.15, 0.2) is 11.2 Å². The van der Waals surface area contributed by atoms with Crippen molar-refractivity contribution in [3.05, 3.63) is 17.5 Å². The molecular weight excluding hydrogens is 200 g/mol. The molecule has 1 N–H and O–H groups in total. The SMILES string of the molecule is CC/C(=N/Nc1nc(C)cc(C)n1)C(C)C. The first kappa shape index (κ1) is 12.6. The summed E-state index contributed by atoms with van der Waals surface area (Å²) in [5.41, 5.74) is 5.96. The molecule has 88 valence electrons. The van der Waals surface area contributed by atoms with Crippen LogP contribution in [-0.4, -0.2) is 15.7 Å². The van der Waals surface area contributed by atoms with Crippen molar-refractivity contribution >= 4 is 11.7 Å². The lowest BCUT2D eigenvalue weighted by atomic mass is 10.1. The van der Waals surface area contributed by atoms with Crippen LogP contribution in [0.5, 0.6) is 0 Å². The van der Waals surface area contributed by atoms with Crippen molar-refractivity contribution in [2.75, 3.05) is 5.43 Å². The van der Waals surface area contributed by atoms with Gasteiger partial charge in [0.05, 0.1) is 0 Å². The maximum Gasteiger partial charge on any atom is 0.243 e. The van der Waals surface area contributed by atoms with Gasteiger partial charge in [0.15, 0.2) is 0 Å². The maximum atomic E-state index is 4.34. The zero-order chi connectivity index (χ0) is 12.1. The number of hydrazone groups is 1. The van der Waals surface area contributed by atoms with E-state index in [-0.39, 0.29) is 0 Å². The molecule has 0 aliphatic carbocycles. The summed E-state index contributed by atoms with van der Waals surface area (Å²) < 4.78 is 0. The molecule has 16 heavy (non-hydrogen) atoms.